The number of aromatic hydroxyl groups is 1. The number of aromatic nitrogens is 2. The summed E-state index contributed by atoms with van der Waals surface area (Å²) in [6, 6.07) is 0. The van der Waals surface area contributed by atoms with Crippen LogP contribution in [0.3, 0.4) is 0 Å². The molecule has 1 aromatic rings. The maximum absolute atomic E-state index is 12.6. The molecule has 1 aliphatic carbocycles. The van der Waals surface area contributed by atoms with E-state index in [1.807, 2.05) is 13.8 Å². The molecule has 0 radical (unpaired) electrons. The van der Waals surface area contributed by atoms with Gasteiger partial charge in [-0.3, -0.25) is 18.7 Å². The van der Waals surface area contributed by atoms with E-state index in [0.717, 1.165) is 25.7 Å². The van der Waals surface area contributed by atoms with Crippen LogP contribution in [0.2, 0.25) is 0 Å². The topological polar surface area (TPSA) is 88.6 Å². The third kappa shape index (κ3) is 4.00. The Morgan fingerprint density at radius 2 is 1.84 bits per heavy atom. The molecule has 1 fully saturated rings. The summed E-state index contributed by atoms with van der Waals surface area (Å²) in [5, 5.41) is 14.5. The van der Waals surface area contributed by atoms with Crippen LogP contribution >= 0.6 is 12.2 Å². The number of carbonyl (C=O) groups excluding carboxylic acids is 1. The van der Waals surface area contributed by atoms with E-state index in [-0.39, 0.29) is 33.8 Å². The van der Waals surface area contributed by atoms with Crippen molar-refractivity contribution in [3.8, 4) is 5.88 Å². The van der Waals surface area contributed by atoms with E-state index in [9.17, 15) is 14.7 Å². The van der Waals surface area contributed by atoms with E-state index in [1.165, 1.54) is 15.6 Å². The van der Waals surface area contributed by atoms with Crippen molar-refractivity contribution in [1.29, 1.82) is 0 Å². The maximum atomic E-state index is 12.6. The van der Waals surface area contributed by atoms with Gasteiger partial charge in [-0.2, -0.15) is 5.10 Å². The van der Waals surface area contributed by atoms with Crippen molar-refractivity contribution in [3.63, 3.8) is 0 Å². The van der Waals surface area contributed by atoms with Crippen LogP contribution in [0.25, 0.3) is 0 Å². The number of amides is 1. The molecule has 0 unspecified atom stereocenters. The monoisotopic (exact) mass is 366 g/mol. The number of hydrogen-bond donors (Lipinski definition) is 2. The largest absolute Gasteiger partial charge is 0.494 e. The maximum Gasteiger partial charge on any atom is 0.267 e. The lowest BCUT2D eigenvalue weighted by Crippen LogP contribution is -2.32. The fourth-order valence-electron chi connectivity index (χ4n) is 3.22. The van der Waals surface area contributed by atoms with E-state index in [2.05, 4.69) is 10.5 Å². The first-order valence-corrected chi connectivity index (χ1v) is 9.24. The molecule has 2 rings (SSSR count). The Morgan fingerprint density at radius 1 is 1.24 bits per heavy atom. The summed E-state index contributed by atoms with van der Waals surface area (Å²) in [5.74, 6) is -0.366. The standard InChI is InChI=1S/C17H26N4O3S/c1-4-20-15(23)13(16(24)21(5-2)17(20)25)11(3)18-19-14(22)12-9-7-6-8-10-12/h12,23H,4-10H2,1-3H3,(H,19,22)/b18-11+. The van der Waals surface area contributed by atoms with Gasteiger partial charge in [0.25, 0.3) is 5.56 Å². The SMILES string of the molecule is CCn1c(O)c(/C(C)=N/NC(=O)C2CCCCC2)c(=O)n(CC)c1=S. The summed E-state index contributed by atoms with van der Waals surface area (Å²) < 4.78 is 3.17. The highest BCUT2D eigenvalue weighted by molar-refractivity contribution is 7.71. The molecule has 25 heavy (non-hydrogen) atoms. The van der Waals surface area contributed by atoms with Gasteiger partial charge in [-0.15, -0.1) is 0 Å². The Bertz CT molecular complexity index is 788. The molecule has 0 aliphatic heterocycles. The van der Waals surface area contributed by atoms with E-state index in [0.29, 0.717) is 13.1 Å². The minimum atomic E-state index is -0.400. The van der Waals surface area contributed by atoms with Crippen LogP contribution in [-0.4, -0.2) is 25.9 Å². The van der Waals surface area contributed by atoms with Crippen LogP contribution in [0.15, 0.2) is 9.90 Å². The number of hydrazone groups is 1. The molecular formula is C17H26N4O3S. The van der Waals surface area contributed by atoms with Crippen LogP contribution in [0, 0.1) is 10.7 Å². The highest BCUT2D eigenvalue weighted by Gasteiger charge is 2.22. The Hall–Kier alpha value is -1.96. The summed E-state index contributed by atoms with van der Waals surface area (Å²) in [6.07, 6.45) is 5.02. The normalized spacial score (nSPS) is 16.0. The third-order valence-electron chi connectivity index (χ3n) is 4.70. The Balaban J connectivity index is 2.35. The lowest BCUT2D eigenvalue weighted by molar-refractivity contribution is -0.125. The van der Waals surface area contributed by atoms with Crippen molar-refractivity contribution in [2.75, 3.05) is 0 Å². The molecule has 0 atom stereocenters. The number of hydrogen-bond acceptors (Lipinski definition) is 5. The zero-order valence-electron chi connectivity index (χ0n) is 15.0. The molecule has 0 bridgehead atoms. The van der Waals surface area contributed by atoms with Gasteiger partial charge in [0.05, 0.1) is 5.71 Å². The number of rotatable bonds is 5. The van der Waals surface area contributed by atoms with Gasteiger partial charge >= 0.3 is 0 Å². The smallest absolute Gasteiger partial charge is 0.267 e. The highest BCUT2D eigenvalue weighted by Crippen LogP contribution is 2.23. The zero-order valence-corrected chi connectivity index (χ0v) is 15.9. The van der Waals surface area contributed by atoms with Crippen molar-refractivity contribution in [2.24, 2.45) is 11.0 Å². The van der Waals surface area contributed by atoms with Crippen molar-refractivity contribution in [1.82, 2.24) is 14.6 Å². The summed E-state index contributed by atoms with van der Waals surface area (Å²) in [7, 11) is 0. The van der Waals surface area contributed by atoms with Crippen LogP contribution in [0.1, 0.15) is 58.4 Å². The predicted molar refractivity (Wildman–Crippen MR) is 99.5 cm³/mol. The van der Waals surface area contributed by atoms with Gasteiger partial charge in [-0.25, -0.2) is 5.43 Å². The second-order valence-corrected chi connectivity index (χ2v) is 6.65. The summed E-state index contributed by atoms with van der Waals surface area (Å²) in [4.78, 5) is 24.8. The summed E-state index contributed by atoms with van der Waals surface area (Å²) in [5.41, 5.74) is 2.49. The average Bonchev–Trinajstić information content (AvgIpc) is 2.61. The Morgan fingerprint density at radius 3 is 2.40 bits per heavy atom. The molecule has 1 saturated carbocycles. The lowest BCUT2D eigenvalue weighted by Gasteiger charge is -2.19. The predicted octanol–water partition coefficient (Wildman–Crippen LogP) is 2.55. The summed E-state index contributed by atoms with van der Waals surface area (Å²) in [6.45, 7) is 6.07. The van der Waals surface area contributed by atoms with Crippen molar-refractivity contribution >= 4 is 23.8 Å². The molecule has 138 valence electrons. The van der Waals surface area contributed by atoms with Crippen LogP contribution < -0.4 is 11.0 Å². The minimum Gasteiger partial charge on any atom is -0.494 e. The van der Waals surface area contributed by atoms with Gasteiger partial charge < -0.3 is 5.11 Å². The van der Waals surface area contributed by atoms with Crippen molar-refractivity contribution in [2.45, 2.75) is 66.0 Å². The third-order valence-corrected chi connectivity index (χ3v) is 5.14. The van der Waals surface area contributed by atoms with E-state index < -0.39 is 5.56 Å². The van der Waals surface area contributed by atoms with Gasteiger partial charge in [0.1, 0.15) is 5.56 Å². The molecule has 0 aromatic carbocycles. The van der Waals surface area contributed by atoms with Crippen LogP contribution in [-0.2, 0) is 17.9 Å². The molecule has 1 aromatic heterocycles. The average molecular weight is 366 g/mol. The molecule has 2 N–H and O–H groups in total. The van der Waals surface area contributed by atoms with Crippen LogP contribution in [0.4, 0.5) is 0 Å². The minimum absolute atomic E-state index is 0.0261. The molecule has 7 nitrogen and oxygen atoms in total. The molecule has 1 aliphatic rings. The second-order valence-electron chi connectivity index (χ2n) is 6.28. The van der Waals surface area contributed by atoms with Crippen molar-refractivity contribution in [3.05, 3.63) is 20.7 Å². The number of nitrogens with one attached hydrogen (secondary N) is 1. The first-order chi connectivity index (χ1) is 11.9. The van der Waals surface area contributed by atoms with Crippen molar-refractivity contribution < 1.29 is 9.90 Å². The molecule has 1 amide bonds. The highest BCUT2D eigenvalue weighted by atomic mass is 32.1. The fraction of sp³-hybridized carbons (Fsp3) is 0.647. The first kappa shape index (κ1) is 19.4. The van der Waals surface area contributed by atoms with E-state index in [4.69, 9.17) is 12.2 Å². The zero-order chi connectivity index (χ0) is 18.6. The Kier molecular flexibility index (Phi) is 6.52. The first-order valence-electron chi connectivity index (χ1n) is 8.83. The molecular weight excluding hydrogens is 340 g/mol. The van der Waals surface area contributed by atoms with Gasteiger partial charge in [-0.1, -0.05) is 19.3 Å². The molecule has 0 saturated heterocycles. The Labute approximate surface area is 152 Å². The van der Waals surface area contributed by atoms with Gasteiger partial charge in [0.15, 0.2) is 4.77 Å². The van der Waals surface area contributed by atoms with E-state index >= 15 is 0 Å². The van der Waals surface area contributed by atoms with Gasteiger partial charge in [-0.05, 0) is 45.8 Å². The fourth-order valence-corrected chi connectivity index (χ4v) is 3.65. The quantitative estimate of drug-likeness (QED) is 0.476. The number of nitrogens with zero attached hydrogens (tertiary/aromatic N) is 3. The number of carbonyl (C=O) groups is 1. The lowest BCUT2D eigenvalue weighted by atomic mass is 9.89. The summed E-state index contributed by atoms with van der Waals surface area (Å²) >= 11 is 5.26. The second kappa shape index (κ2) is 8.42. The molecule has 0 spiro atoms. The molecule has 8 heteroatoms. The van der Waals surface area contributed by atoms with Gasteiger partial charge in [0, 0.05) is 19.0 Å². The molecule has 1 heterocycles. The van der Waals surface area contributed by atoms with Gasteiger partial charge in [0.2, 0.25) is 11.8 Å². The van der Waals surface area contributed by atoms with E-state index in [1.54, 1.807) is 6.92 Å². The van der Waals surface area contributed by atoms with Crippen LogP contribution in [0.5, 0.6) is 5.88 Å².